The lowest BCUT2D eigenvalue weighted by Gasteiger charge is -2.06. The molecule has 0 atom stereocenters. The number of aromatic nitrogens is 2. The number of esters is 1. The van der Waals surface area contributed by atoms with Crippen LogP contribution in [0.25, 0.3) is 5.52 Å². The summed E-state index contributed by atoms with van der Waals surface area (Å²) in [5, 5.41) is 9.23. The third kappa shape index (κ3) is 2.05. The quantitative estimate of drug-likeness (QED) is 0.855. The first-order valence-corrected chi connectivity index (χ1v) is 5.80. The first-order chi connectivity index (χ1) is 8.97. The van der Waals surface area contributed by atoms with Crippen molar-refractivity contribution in [3.63, 3.8) is 0 Å². The van der Waals surface area contributed by atoms with E-state index in [0.717, 1.165) is 0 Å². The van der Waals surface area contributed by atoms with E-state index in [1.807, 2.05) is 13.8 Å². The van der Waals surface area contributed by atoms with E-state index >= 15 is 0 Å². The number of hydrogen-bond acceptors (Lipinski definition) is 4. The molecule has 0 aliphatic heterocycles. The second kappa shape index (κ2) is 4.72. The van der Waals surface area contributed by atoms with Gasteiger partial charge in [0, 0.05) is 12.1 Å². The Morgan fingerprint density at radius 2 is 2.11 bits per heavy atom. The molecule has 2 aromatic rings. The van der Waals surface area contributed by atoms with Crippen LogP contribution in [-0.4, -0.2) is 33.5 Å². The molecule has 0 bridgehead atoms. The number of methoxy groups -OCH3 is 1. The monoisotopic (exact) mass is 262 g/mol. The van der Waals surface area contributed by atoms with Crippen LogP contribution in [0.1, 0.15) is 46.4 Å². The van der Waals surface area contributed by atoms with Gasteiger partial charge < -0.3 is 14.2 Å². The molecule has 6 nitrogen and oxygen atoms in total. The molecule has 19 heavy (non-hydrogen) atoms. The topological polar surface area (TPSA) is 80.9 Å². The Morgan fingerprint density at radius 3 is 2.63 bits per heavy atom. The van der Waals surface area contributed by atoms with Crippen molar-refractivity contribution >= 4 is 17.5 Å². The van der Waals surface area contributed by atoms with Crippen LogP contribution in [0.15, 0.2) is 18.3 Å². The molecule has 2 aromatic heterocycles. The highest BCUT2D eigenvalue weighted by molar-refractivity contribution is 6.04. The van der Waals surface area contributed by atoms with Gasteiger partial charge in [-0.1, -0.05) is 13.8 Å². The predicted molar refractivity (Wildman–Crippen MR) is 67.6 cm³/mol. The average Bonchev–Trinajstić information content (AvgIpc) is 2.77. The summed E-state index contributed by atoms with van der Waals surface area (Å²) >= 11 is 0. The molecule has 0 aliphatic carbocycles. The number of pyridine rings is 1. The predicted octanol–water partition coefficient (Wildman–Crippen LogP) is 1.94. The highest BCUT2D eigenvalue weighted by Crippen LogP contribution is 2.23. The van der Waals surface area contributed by atoms with Crippen molar-refractivity contribution in [2.75, 3.05) is 7.11 Å². The second-order valence-electron chi connectivity index (χ2n) is 4.41. The van der Waals surface area contributed by atoms with E-state index in [0.29, 0.717) is 5.82 Å². The minimum Gasteiger partial charge on any atom is -0.476 e. The van der Waals surface area contributed by atoms with Crippen LogP contribution in [0, 0.1) is 0 Å². The van der Waals surface area contributed by atoms with Gasteiger partial charge in [-0.15, -0.1) is 0 Å². The maximum atomic E-state index is 11.7. The van der Waals surface area contributed by atoms with Crippen molar-refractivity contribution in [1.29, 1.82) is 0 Å². The fourth-order valence-electron chi connectivity index (χ4n) is 1.99. The van der Waals surface area contributed by atoms with E-state index in [1.54, 1.807) is 16.7 Å². The zero-order valence-corrected chi connectivity index (χ0v) is 10.9. The van der Waals surface area contributed by atoms with E-state index in [-0.39, 0.29) is 22.7 Å². The van der Waals surface area contributed by atoms with Crippen molar-refractivity contribution in [2.24, 2.45) is 0 Å². The molecule has 0 aliphatic rings. The number of fused-ring (bicyclic) bond motifs is 1. The van der Waals surface area contributed by atoms with Gasteiger partial charge in [0.05, 0.1) is 18.2 Å². The number of carboxylic acid groups (broad SMARTS) is 1. The number of imidazole rings is 1. The smallest absolute Gasteiger partial charge is 0.356 e. The third-order valence-electron chi connectivity index (χ3n) is 2.82. The van der Waals surface area contributed by atoms with Gasteiger partial charge in [-0.3, -0.25) is 0 Å². The average molecular weight is 262 g/mol. The number of rotatable bonds is 3. The highest BCUT2D eigenvalue weighted by Gasteiger charge is 2.23. The van der Waals surface area contributed by atoms with Crippen LogP contribution in [0.3, 0.4) is 0 Å². The first kappa shape index (κ1) is 13.1. The number of carbonyl (C=O) groups excluding carboxylic acids is 1. The van der Waals surface area contributed by atoms with Gasteiger partial charge >= 0.3 is 11.9 Å². The number of aromatic carboxylic acids is 1. The van der Waals surface area contributed by atoms with Crippen LogP contribution >= 0.6 is 0 Å². The standard InChI is InChI=1S/C13H14N2O4/c1-7(2)11-14-9(12(16)17)10-8(13(18)19-3)5-4-6-15(10)11/h4-7H,1-3H3,(H,16,17). The van der Waals surface area contributed by atoms with Crippen LogP contribution in [0.4, 0.5) is 0 Å². The Labute approximate surface area is 109 Å². The molecule has 0 saturated heterocycles. The molecule has 0 radical (unpaired) electrons. The summed E-state index contributed by atoms with van der Waals surface area (Å²) in [5.74, 6) is -1.12. The van der Waals surface area contributed by atoms with Gasteiger partial charge in [-0.05, 0) is 12.1 Å². The molecule has 0 unspecified atom stereocenters. The van der Waals surface area contributed by atoms with Gasteiger partial charge in [0.15, 0.2) is 5.69 Å². The van der Waals surface area contributed by atoms with Crippen molar-refractivity contribution < 1.29 is 19.4 Å². The fourth-order valence-corrected chi connectivity index (χ4v) is 1.99. The van der Waals surface area contributed by atoms with Crippen molar-refractivity contribution in [2.45, 2.75) is 19.8 Å². The second-order valence-corrected chi connectivity index (χ2v) is 4.41. The lowest BCUT2D eigenvalue weighted by Crippen LogP contribution is -2.07. The summed E-state index contributed by atoms with van der Waals surface area (Å²) in [7, 11) is 1.26. The normalized spacial score (nSPS) is 10.9. The Hall–Kier alpha value is -2.37. The molecular weight excluding hydrogens is 248 g/mol. The van der Waals surface area contributed by atoms with Crippen molar-refractivity contribution in [3.8, 4) is 0 Å². The third-order valence-corrected chi connectivity index (χ3v) is 2.82. The Balaban J connectivity index is 2.87. The van der Waals surface area contributed by atoms with Gasteiger partial charge in [-0.2, -0.15) is 0 Å². The molecule has 0 spiro atoms. The van der Waals surface area contributed by atoms with Crippen LogP contribution < -0.4 is 0 Å². The van der Waals surface area contributed by atoms with Crippen LogP contribution in [-0.2, 0) is 4.74 Å². The molecule has 1 N–H and O–H groups in total. The lowest BCUT2D eigenvalue weighted by molar-refractivity contribution is 0.0602. The van der Waals surface area contributed by atoms with Crippen LogP contribution in [0.2, 0.25) is 0 Å². The molecule has 100 valence electrons. The minimum atomic E-state index is -1.17. The summed E-state index contributed by atoms with van der Waals surface area (Å²) < 4.78 is 6.30. The van der Waals surface area contributed by atoms with Gasteiger partial charge in [-0.25, -0.2) is 14.6 Å². The highest BCUT2D eigenvalue weighted by atomic mass is 16.5. The maximum absolute atomic E-state index is 11.7. The molecule has 6 heteroatoms. The Morgan fingerprint density at radius 1 is 1.42 bits per heavy atom. The van der Waals surface area contributed by atoms with Crippen LogP contribution in [0.5, 0.6) is 0 Å². The van der Waals surface area contributed by atoms with Gasteiger partial charge in [0.25, 0.3) is 0 Å². The largest absolute Gasteiger partial charge is 0.476 e. The fraction of sp³-hybridized carbons (Fsp3) is 0.308. The van der Waals surface area contributed by atoms with Crippen molar-refractivity contribution in [1.82, 2.24) is 9.38 Å². The van der Waals surface area contributed by atoms with E-state index in [1.165, 1.54) is 13.2 Å². The number of carbonyl (C=O) groups is 2. The van der Waals surface area contributed by atoms with E-state index in [4.69, 9.17) is 0 Å². The number of hydrogen-bond donors (Lipinski definition) is 1. The van der Waals surface area contributed by atoms with Gasteiger partial charge in [0.1, 0.15) is 5.82 Å². The summed E-state index contributed by atoms with van der Waals surface area (Å²) in [5.41, 5.74) is 0.331. The number of carboxylic acids is 1. The molecule has 0 amide bonds. The summed E-state index contributed by atoms with van der Waals surface area (Å²) in [6.45, 7) is 3.82. The first-order valence-electron chi connectivity index (χ1n) is 5.80. The lowest BCUT2D eigenvalue weighted by atomic mass is 10.2. The molecule has 0 saturated carbocycles. The molecular formula is C13H14N2O4. The van der Waals surface area contributed by atoms with E-state index in [9.17, 15) is 14.7 Å². The van der Waals surface area contributed by atoms with E-state index in [2.05, 4.69) is 9.72 Å². The van der Waals surface area contributed by atoms with Gasteiger partial charge in [0.2, 0.25) is 0 Å². The summed E-state index contributed by atoms with van der Waals surface area (Å²) in [4.78, 5) is 27.1. The Bertz CT molecular complexity index is 658. The summed E-state index contributed by atoms with van der Waals surface area (Å²) in [6.07, 6.45) is 1.69. The zero-order valence-electron chi connectivity index (χ0n) is 10.9. The number of nitrogens with zero attached hydrogens (tertiary/aromatic N) is 2. The molecule has 0 aromatic carbocycles. The Kier molecular flexibility index (Phi) is 3.25. The zero-order chi connectivity index (χ0) is 14.2. The van der Waals surface area contributed by atoms with Crippen molar-refractivity contribution in [3.05, 3.63) is 35.4 Å². The SMILES string of the molecule is COC(=O)c1cccn2c(C(C)C)nc(C(=O)O)c12. The summed E-state index contributed by atoms with van der Waals surface area (Å²) in [6, 6.07) is 3.19. The maximum Gasteiger partial charge on any atom is 0.356 e. The minimum absolute atomic E-state index is 0.0356. The van der Waals surface area contributed by atoms with E-state index < -0.39 is 11.9 Å². The number of ether oxygens (including phenoxy) is 1. The molecule has 0 fully saturated rings. The molecule has 2 heterocycles. The molecule has 2 rings (SSSR count).